The second kappa shape index (κ2) is 8.97. The van der Waals surface area contributed by atoms with E-state index in [1.807, 2.05) is 36.4 Å². The number of anilines is 2. The number of benzene rings is 2. The average Bonchev–Trinajstić information content (AvgIpc) is 2.70. The number of carbonyl (C=O) groups is 1. The molecule has 2 aromatic carbocycles. The van der Waals surface area contributed by atoms with Crippen molar-refractivity contribution in [2.24, 2.45) is 0 Å². The van der Waals surface area contributed by atoms with Crippen LogP contribution in [-0.4, -0.2) is 31.7 Å². The Kier molecular flexibility index (Phi) is 6.63. The number of hydrogen-bond donors (Lipinski definition) is 1. The maximum atomic E-state index is 13.4. The van der Waals surface area contributed by atoms with Crippen LogP contribution in [0, 0.1) is 0 Å². The molecular weight excluding hydrogens is 372 g/mol. The minimum absolute atomic E-state index is 0.00187. The largest absolute Gasteiger partial charge is 0.381 e. The van der Waals surface area contributed by atoms with Crippen molar-refractivity contribution in [1.82, 2.24) is 0 Å². The molecule has 1 aliphatic rings. The van der Waals surface area contributed by atoms with Gasteiger partial charge in [-0.05, 0) is 75.6 Å². The molecule has 1 saturated heterocycles. The maximum absolute atomic E-state index is 13.4. The molecule has 0 bridgehead atoms. The Morgan fingerprint density at radius 3 is 2.43 bits per heavy atom. The minimum Gasteiger partial charge on any atom is -0.381 e. The summed E-state index contributed by atoms with van der Waals surface area (Å²) in [5.41, 5.74) is 2.30. The van der Waals surface area contributed by atoms with Gasteiger partial charge in [-0.1, -0.05) is 23.7 Å². The molecule has 0 radical (unpaired) electrons. The number of nitrogens with one attached hydrogen (secondary N) is 1. The van der Waals surface area contributed by atoms with E-state index >= 15 is 0 Å². The molecule has 1 aliphatic heterocycles. The quantitative estimate of drug-likeness (QED) is 0.718. The first-order chi connectivity index (χ1) is 13.5. The van der Waals surface area contributed by atoms with Crippen LogP contribution < -0.4 is 10.2 Å². The second-order valence-corrected chi connectivity index (χ2v) is 8.02. The lowest BCUT2D eigenvalue weighted by Gasteiger charge is -2.36. The van der Waals surface area contributed by atoms with Crippen molar-refractivity contribution in [3.63, 3.8) is 0 Å². The molecule has 28 heavy (non-hydrogen) atoms. The van der Waals surface area contributed by atoms with Gasteiger partial charge in [0.1, 0.15) is 0 Å². The zero-order valence-electron chi connectivity index (χ0n) is 16.9. The van der Waals surface area contributed by atoms with E-state index in [1.54, 1.807) is 0 Å². The van der Waals surface area contributed by atoms with Crippen LogP contribution in [0.3, 0.4) is 0 Å². The van der Waals surface area contributed by atoms with E-state index in [2.05, 4.69) is 43.1 Å². The van der Waals surface area contributed by atoms with Crippen molar-refractivity contribution in [1.29, 1.82) is 0 Å². The first-order valence-corrected chi connectivity index (χ1v) is 10.4. The fourth-order valence-electron chi connectivity index (χ4n) is 3.99. The molecular formula is C23H29ClN2O2. The smallest absolute Gasteiger partial charge is 0.235 e. The van der Waals surface area contributed by atoms with Crippen LogP contribution in [-0.2, 0) is 14.9 Å². The van der Waals surface area contributed by atoms with Gasteiger partial charge in [-0.25, -0.2) is 0 Å². The summed E-state index contributed by atoms with van der Waals surface area (Å²) in [7, 11) is 0. The van der Waals surface area contributed by atoms with Gasteiger partial charge in [0.15, 0.2) is 0 Å². The van der Waals surface area contributed by atoms with Crippen molar-refractivity contribution in [3.8, 4) is 0 Å². The summed E-state index contributed by atoms with van der Waals surface area (Å²) in [5.74, 6) is 0.00187. The lowest BCUT2D eigenvalue weighted by atomic mass is 9.73. The molecule has 0 unspecified atom stereocenters. The summed E-state index contributed by atoms with van der Waals surface area (Å²) in [6.07, 6.45) is 1.29. The molecule has 0 saturated carbocycles. The second-order valence-electron chi connectivity index (χ2n) is 7.59. The molecule has 1 fully saturated rings. The number of amides is 1. The molecule has 1 N–H and O–H groups in total. The Morgan fingerprint density at radius 1 is 1.18 bits per heavy atom. The summed E-state index contributed by atoms with van der Waals surface area (Å²) < 4.78 is 5.54. The van der Waals surface area contributed by atoms with E-state index in [0.29, 0.717) is 37.1 Å². The number of hydrogen-bond acceptors (Lipinski definition) is 3. The standard InChI is InChI=1S/C23H29ClN2O2/c1-4-26(17(2)3)21-10-8-20(9-11-21)25-22(27)23(12-14-28-15-13-23)18-6-5-7-19(24)16-18/h5-11,16-17H,4,12-15H2,1-3H3,(H,25,27). The first-order valence-electron chi connectivity index (χ1n) is 9.98. The summed E-state index contributed by atoms with van der Waals surface area (Å²) in [5, 5.41) is 3.77. The van der Waals surface area contributed by atoms with Gasteiger partial charge in [-0.2, -0.15) is 0 Å². The van der Waals surface area contributed by atoms with Gasteiger partial charge in [0, 0.05) is 42.2 Å². The third kappa shape index (κ3) is 4.34. The third-order valence-corrected chi connectivity index (χ3v) is 5.81. The molecule has 1 amide bonds. The zero-order valence-corrected chi connectivity index (χ0v) is 17.6. The maximum Gasteiger partial charge on any atom is 0.235 e. The Hall–Kier alpha value is -2.04. The molecule has 0 spiro atoms. The van der Waals surface area contributed by atoms with Crippen LogP contribution in [0.15, 0.2) is 48.5 Å². The molecule has 0 aromatic heterocycles. The fourth-order valence-corrected chi connectivity index (χ4v) is 4.18. The Labute approximate surface area is 172 Å². The van der Waals surface area contributed by atoms with E-state index in [1.165, 1.54) is 0 Å². The monoisotopic (exact) mass is 400 g/mol. The summed E-state index contributed by atoms with van der Waals surface area (Å²) in [6, 6.07) is 16.1. The average molecular weight is 401 g/mol. The Bertz CT molecular complexity index is 799. The van der Waals surface area contributed by atoms with E-state index in [4.69, 9.17) is 16.3 Å². The van der Waals surface area contributed by atoms with Crippen molar-refractivity contribution in [3.05, 3.63) is 59.1 Å². The Balaban J connectivity index is 1.83. The predicted molar refractivity (Wildman–Crippen MR) is 116 cm³/mol. The number of nitrogens with zero attached hydrogens (tertiary/aromatic N) is 1. The van der Waals surface area contributed by atoms with Crippen molar-refractivity contribution < 1.29 is 9.53 Å². The summed E-state index contributed by atoms with van der Waals surface area (Å²) in [4.78, 5) is 15.7. The zero-order chi connectivity index (χ0) is 20.1. The van der Waals surface area contributed by atoms with Crippen LogP contribution in [0.5, 0.6) is 0 Å². The number of rotatable bonds is 6. The van der Waals surface area contributed by atoms with Gasteiger partial charge >= 0.3 is 0 Å². The normalized spacial score (nSPS) is 16.0. The van der Waals surface area contributed by atoms with Crippen LogP contribution >= 0.6 is 11.6 Å². The first kappa shape index (κ1) is 20.7. The van der Waals surface area contributed by atoms with Crippen LogP contribution in [0.4, 0.5) is 11.4 Å². The molecule has 4 nitrogen and oxygen atoms in total. The highest BCUT2D eigenvalue weighted by Crippen LogP contribution is 2.37. The van der Waals surface area contributed by atoms with Gasteiger partial charge in [-0.15, -0.1) is 0 Å². The number of ether oxygens (including phenoxy) is 1. The number of halogens is 1. The summed E-state index contributed by atoms with van der Waals surface area (Å²) >= 11 is 6.21. The Morgan fingerprint density at radius 2 is 1.86 bits per heavy atom. The molecule has 1 heterocycles. The third-order valence-electron chi connectivity index (χ3n) is 5.58. The van der Waals surface area contributed by atoms with Crippen molar-refractivity contribution in [2.75, 3.05) is 30.0 Å². The van der Waals surface area contributed by atoms with Crippen molar-refractivity contribution >= 4 is 28.9 Å². The van der Waals surface area contributed by atoms with Crippen molar-refractivity contribution in [2.45, 2.75) is 45.1 Å². The van der Waals surface area contributed by atoms with Crippen LogP contribution in [0.1, 0.15) is 39.2 Å². The van der Waals surface area contributed by atoms with Gasteiger partial charge in [0.05, 0.1) is 5.41 Å². The highest BCUT2D eigenvalue weighted by atomic mass is 35.5. The van der Waals surface area contributed by atoms with E-state index in [0.717, 1.165) is 23.5 Å². The van der Waals surface area contributed by atoms with Gasteiger partial charge in [0.2, 0.25) is 5.91 Å². The van der Waals surface area contributed by atoms with Gasteiger partial charge in [-0.3, -0.25) is 4.79 Å². The minimum atomic E-state index is -0.616. The molecule has 150 valence electrons. The van der Waals surface area contributed by atoms with Gasteiger partial charge in [0.25, 0.3) is 0 Å². The van der Waals surface area contributed by atoms with E-state index in [9.17, 15) is 4.79 Å². The predicted octanol–water partition coefficient (Wildman–Crippen LogP) is 5.26. The van der Waals surface area contributed by atoms with Crippen LogP contribution in [0.2, 0.25) is 5.02 Å². The van der Waals surface area contributed by atoms with Crippen LogP contribution in [0.25, 0.3) is 0 Å². The highest BCUT2D eigenvalue weighted by molar-refractivity contribution is 6.30. The molecule has 0 atom stereocenters. The molecule has 0 aliphatic carbocycles. The summed E-state index contributed by atoms with van der Waals surface area (Å²) in [6.45, 7) is 8.59. The topological polar surface area (TPSA) is 41.6 Å². The van der Waals surface area contributed by atoms with E-state index < -0.39 is 5.41 Å². The molecule has 3 rings (SSSR count). The lowest BCUT2D eigenvalue weighted by molar-refractivity contribution is -0.125. The van der Waals surface area contributed by atoms with Gasteiger partial charge < -0.3 is 15.0 Å². The SMILES string of the molecule is CCN(c1ccc(NC(=O)C2(c3cccc(Cl)c3)CCOCC2)cc1)C(C)C. The molecule has 5 heteroatoms. The molecule has 2 aromatic rings. The van der Waals surface area contributed by atoms with E-state index in [-0.39, 0.29) is 5.91 Å². The fraction of sp³-hybridized carbons (Fsp3) is 0.435. The highest BCUT2D eigenvalue weighted by Gasteiger charge is 2.41. The lowest BCUT2D eigenvalue weighted by Crippen LogP contribution is -2.44. The number of carbonyl (C=O) groups excluding carboxylic acids is 1.